The molecule has 32 heavy (non-hydrogen) atoms. The number of nitrogens with one attached hydrogen (secondary N) is 2. The van der Waals surface area contributed by atoms with Gasteiger partial charge in [0.15, 0.2) is 0 Å². The summed E-state index contributed by atoms with van der Waals surface area (Å²) >= 11 is 0. The lowest BCUT2D eigenvalue weighted by Crippen LogP contribution is -2.52. The summed E-state index contributed by atoms with van der Waals surface area (Å²) in [5.74, 6) is 1.27. The lowest BCUT2D eigenvalue weighted by Gasteiger charge is -2.35. The van der Waals surface area contributed by atoms with E-state index >= 15 is 0 Å². The Balaban J connectivity index is 1.65. The largest absolute Gasteiger partial charge is 0.378 e. The number of carbonyl (C=O) groups is 2. The van der Waals surface area contributed by atoms with Crippen LogP contribution in [0.4, 0.5) is 5.69 Å². The Morgan fingerprint density at radius 3 is 2.53 bits per heavy atom. The Kier molecular flexibility index (Phi) is 8.45. The number of likely N-dealkylation sites (tertiary alicyclic amines) is 1. The molecule has 3 rings (SSSR count). The molecule has 0 bridgehead atoms. The normalized spacial score (nSPS) is 15.2. The van der Waals surface area contributed by atoms with Crippen LogP contribution in [0.2, 0.25) is 0 Å². The molecule has 174 valence electrons. The van der Waals surface area contributed by atoms with Crippen molar-refractivity contribution in [1.82, 2.24) is 20.2 Å². The molecule has 2 aromatic rings. The number of H-pyrrole nitrogens is 1. The molecule has 1 atom stereocenters. The number of rotatable bonds is 12. The summed E-state index contributed by atoms with van der Waals surface area (Å²) in [5.41, 5.74) is 3.16. The van der Waals surface area contributed by atoms with E-state index in [0.717, 1.165) is 61.5 Å². The van der Waals surface area contributed by atoms with E-state index in [1.807, 2.05) is 34.3 Å². The number of aromatic nitrogens is 2. The maximum absolute atomic E-state index is 12.7. The van der Waals surface area contributed by atoms with Crippen molar-refractivity contribution in [2.45, 2.75) is 51.5 Å². The third-order valence-corrected chi connectivity index (χ3v) is 6.21. The molecule has 1 amide bonds. The fraction of sp³-hybridized carbons (Fsp3) is 0.560. The van der Waals surface area contributed by atoms with Crippen molar-refractivity contribution >= 4 is 17.4 Å². The lowest BCUT2D eigenvalue weighted by atomic mass is 9.98. The smallest absolute Gasteiger partial charge is 0.226 e. The van der Waals surface area contributed by atoms with Crippen LogP contribution in [0.25, 0.3) is 11.3 Å². The Morgan fingerprint density at radius 1 is 1.19 bits per heavy atom. The SMILES string of the molecule is CCC(=O)CCCCC[C@H](NC(=O)C1CN(C)C1)c1ncc(-c2ccc(N(C)C)cc2)[nH]1. The van der Waals surface area contributed by atoms with Gasteiger partial charge in [0.05, 0.1) is 23.9 Å². The molecule has 0 saturated carbocycles. The van der Waals surface area contributed by atoms with Crippen LogP contribution in [0.15, 0.2) is 30.5 Å². The zero-order valence-electron chi connectivity index (χ0n) is 19.9. The van der Waals surface area contributed by atoms with Gasteiger partial charge in [-0.1, -0.05) is 31.9 Å². The number of hydrogen-bond donors (Lipinski definition) is 2. The van der Waals surface area contributed by atoms with E-state index in [1.165, 1.54) is 0 Å². The first-order valence-corrected chi connectivity index (χ1v) is 11.7. The first-order chi connectivity index (χ1) is 15.4. The fourth-order valence-electron chi connectivity index (χ4n) is 4.06. The monoisotopic (exact) mass is 439 g/mol. The molecule has 1 aliphatic rings. The molecular formula is C25H37N5O2. The van der Waals surface area contributed by atoms with Crippen LogP contribution < -0.4 is 10.2 Å². The van der Waals surface area contributed by atoms with Gasteiger partial charge in [0.25, 0.3) is 0 Å². The topological polar surface area (TPSA) is 81.3 Å². The average molecular weight is 440 g/mol. The van der Waals surface area contributed by atoms with Crippen LogP contribution in [0.3, 0.4) is 0 Å². The van der Waals surface area contributed by atoms with Gasteiger partial charge < -0.3 is 20.1 Å². The standard InChI is InChI=1S/C25H37N5O2/c1-5-21(31)9-7-6-8-10-22(28-25(32)19-16-30(4)17-19)24-26-15-23(27-24)18-11-13-20(14-12-18)29(2)3/h11-15,19,22H,5-10,16-17H2,1-4H3,(H,26,27)(H,28,32)/t22-/m0/s1. The van der Waals surface area contributed by atoms with Crippen LogP contribution in [0.1, 0.15) is 57.3 Å². The zero-order chi connectivity index (χ0) is 23.1. The summed E-state index contributed by atoms with van der Waals surface area (Å²) in [6.45, 7) is 3.52. The van der Waals surface area contributed by atoms with E-state index in [4.69, 9.17) is 0 Å². The first kappa shape index (κ1) is 24.0. The van der Waals surface area contributed by atoms with E-state index < -0.39 is 0 Å². The molecule has 2 N–H and O–H groups in total. The van der Waals surface area contributed by atoms with Crippen molar-refractivity contribution < 1.29 is 9.59 Å². The number of hydrogen-bond acceptors (Lipinski definition) is 5. The molecule has 1 aromatic heterocycles. The predicted octanol–water partition coefficient (Wildman–Crippen LogP) is 3.79. The number of imidazole rings is 1. The molecule has 1 saturated heterocycles. The quantitative estimate of drug-likeness (QED) is 0.492. The Bertz CT molecular complexity index is 884. The van der Waals surface area contributed by atoms with Crippen LogP contribution in [0, 0.1) is 5.92 Å². The number of amides is 1. The molecule has 0 unspecified atom stereocenters. The number of aromatic amines is 1. The second-order valence-electron chi connectivity index (χ2n) is 9.09. The number of carbonyl (C=O) groups excluding carboxylic acids is 2. The number of Topliss-reactive ketones (excluding diaryl/α,β-unsaturated/α-hetero) is 1. The second-order valence-corrected chi connectivity index (χ2v) is 9.09. The summed E-state index contributed by atoms with van der Waals surface area (Å²) in [7, 11) is 6.07. The van der Waals surface area contributed by atoms with Crippen LogP contribution in [-0.2, 0) is 9.59 Å². The van der Waals surface area contributed by atoms with Crippen molar-refractivity contribution in [3.05, 3.63) is 36.3 Å². The number of ketones is 1. The van der Waals surface area contributed by atoms with Gasteiger partial charge in [0, 0.05) is 45.7 Å². The van der Waals surface area contributed by atoms with Crippen molar-refractivity contribution in [2.24, 2.45) is 5.92 Å². The third kappa shape index (κ3) is 6.42. The van der Waals surface area contributed by atoms with Gasteiger partial charge in [-0.3, -0.25) is 9.59 Å². The minimum Gasteiger partial charge on any atom is -0.378 e. The molecule has 0 spiro atoms. The highest BCUT2D eigenvalue weighted by atomic mass is 16.2. The maximum Gasteiger partial charge on any atom is 0.226 e. The number of unbranched alkanes of at least 4 members (excludes halogenated alkanes) is 2. The maximum atomic E-state index is 12.7. The highest BCUT2D eigenvalue weighted by Crippen LogP contribution is 2.25. The van der Waals surface area contributed by atoms with Crippen molar-refractivity contribution in [1.29, 1.82) is 0 Å². The second kappa shape index (κ2) is 11.3. The Labute approximate surface area is 191 Å². The highest BCUT2D eigenvalue weighted by molar-refractivity contribution is 5.80. The number of anilines is 1. The average Bonchev–Trinajstić information content (AvgIpc) is 3.25. The molecule has 1 aromatic carbocycles. The van der Waals surface area contributed by atoms with Gasteiger partial charge in [-0.15, -0.1) is 0 Å². The van der Waals surface area contributed by atoms with Crippen LogP contribution >= 0.6 is 0 Å². The summed E-state index contributed by atoms with van der Waals surface area (Å²) < 4.78 is 0. The summed E-state index contributed by atoms with van der Waals surface area (Å²) in [5, 5.41) is 3.22. The number of nitrogens with zero attached hydrogens (tertiary/aromatic N) is 3. The van der Waals surface area contributed by atoms with Gasteiger partial charge >= 0.3 is 0 Å². The van der Waals surface area contributed by atoms with E-state index in [9.17, 15) is 9.59 Å². The highest BCUT2D eigenvalue weighted by Gasteiger charge is 2.31. The molecule has 7 heteroatoms. The summed E-state index contributed by atoms with van der Waals surface area (Å²) in [6, 6.07) is 8.18. The predicted molar refractivity (Wildman–Crippen MR) is 129 cm³/mol. The fourth-order valence-corrected chi connectivity index (χ4v) is 4.06. The number of benzene rings is 1. The molecular weight excluding hydrogens is 402 g/mol. The zero-order valence-corrected chi connectivity index (χ0v) is 19.9. The molecule has 0 radical (unpaired) electrons. The van der Waals surface area contributed by atoms with E-state index in [2.05, 4.69) is 49.4 Å². The Morgan fingerprint density at radius 2 is 1.91 bits per heavy atom. The molecule has 0 aliphatic carbocycles. The molecule has 1 aliphatic heterocycles. The van der Waals surface area contributed by atoms with Gasteiger partial charge in [-0.25, -0.2) is 4.98 Å². The van der Waals surface area contributed by atoms with Gasteiger partial charge in [-0.2, -0.15) is 0 Å². The van der Waals surface area contributed by atoms with Gasteiger partial charge in [0.1, 0.15) is 11.6 Å². The molecule has 7 nitrogen and oxygen atoms in total. The minimum atomic E-state index is -0.148. The van der Waals surface area contributed by atoms with Crippen molar-refractivity contribution in [3.8, 4) is 11.3 Å². The summed E-state index contributed by atoms with van der Waals surface area (Å²) in [6.07, 6.45) is 6.73. The Hall–Kier alpha value is -2.67. The minimum absolute atomic E-state index is 0.0534. The van der Waals surface area contributed by atoms with Crippen LogP contribution in [0.5, 0.6) is 0 Å². The van der Waals surface area contributed by atoms with Crippen molar-refractivity contribution in [2.75, 3.05) is 39.1 Å². The molecule has 2 heterocycles. The summed E-state index contributed by atoms with van der Waals surface area (Å²) in [4.78, 5) is 36.5. The van der Waals surface area contributed by atoms with E-state index in [-0.39, 0.29) is 17.9 Å². The lowest BCUT2D eigenvalue weighted by molar-refractivity contribution is -0.130. The van der Waals surface area contributed by atoms with Gasteiger partial charge in [0.2, 0.25) is 5.91 Å². The van der Waals surface area contributed by atoms with Crippen molar-refractivity contribution in [3.63, 3.8) is 0 Å². The molecule has 1 fully saturated rings. The van der Waals surface area contributed by atoms with E-state index in [0.29, 0.717) is 18.6 Å². The van der Waals surface area contributed by atoms with Crippen LogP contribution in [-0.4, -0.2) is 60.8 Å². The van der Waals surface area contributed by atoms with E-state index in [1.54, 1.807) is 0 Å². The van der Waals surface area contributed by atoms with Gasteiger partial charge in [-0.05, 0) is 37.6 Å². The third-order valence-electron chi connectivity index (χ3n) is 6.21. The first-order valence-electron chi connectivity index (χ1n) is 11.7.